The standard InChI is InChI=1S/C11H13F5N2/c1-4(2)3-5(18-17)6-7(12)9(14)11(16)10(15)8(6)13/h4-5,18H,3,17H2,1-2H3. The van der Waals surface area contributed by atoms with Crippen LogP contribution in [0.4, 0.5) is 22.0 Å². The molecule has 3 N–H and O–H groups in total. The van der Waals surface area contributed by atoms with Gasteiger partial charge in [-0.3, -0.25) is 11.3 Å². The summed E-state index contributed by atoms with van der Waals surface area (Å²) in [5.41, 5.74) is 1.14. The van der Waals surface area contributed by atoms with Gasteiger partial charge < -0.3 is 0 Å². The van der Waals surface area contributed by atoms with Gasteiger partial charge in [-0.1, -0.05) is 13.8 Å². The van der Waals surface area contributed by atoms with Crippen LogP contribution in [0.3, 0.4) is 0 Å². The molecule has 18 heavy (non-hydrogen) atoms. The van der Waals surface area contributed by atoms with Crippen LogP contribution >= 0.6 is 0 Å². The zero-order valence-electron chi connectivity index (χ0n) is 9.83. The molecule has 1 rings (SSSR count). The Balaban J connectivity index is 3.39. The van der Waals surface area contributed by atoms with Gasteiger partial charge in [-0.25, -0.2) is 22.0 Å². The molecule has 0 saturated heterocycles. The number of rotatable bonds is 4. The molecule has 0 heterocycles. The Morgan fingerprint density at radius 1 is 0.889 bits per heavy atom. The molecule has 0 amide bonds. The SMILES string of the molecule is CC(C)CC(NN)c1c(F)c(F)c(F)c(F)c1F. The van der Waals surface area contributed by atoms with E-state index in [9.17, 15) is 22.0 Å². The minimum Gasteiger partial charge on any atom is -0.271 e. The minimum atomic E-state index is -2.17. The van der Waals surface area contributed by atoms with Gasteiger partial charge in [-0.2, -0.15) is 0 Å². The maximum absolute atomic E-state index is 13.5. The third kappa shape index (κ3) is 2.62. The fourth-order valence-corrected chi connectivity index (χ4v) is 1.67. The summed E-state index contributed by atoms with van der Waals surface area (Å²) in [6.45, 7) is 3.47. The molecule has 0 aliphatic rings. The topological polar surface area (TPSA) is 38.0 Å². The molecule has 102 valence electrons. The second-order valence-corrected chi connectivity index (χ2v) is 4.33. The van der Waals surface area contributed by atoms with Gasteiger partial charge in [0.05, 0.1) is 6.04 Å². The van der Waals surface area contributed by atoms with Crippen molar-refractivity contribution in [2.75, 3.05) is 0 Å². The molecular weight excluding hydrogens is 255 g/mol. The fraction of sp³-hybridized carbons (Fsp3) is 0.455. The molecule has 1 aromatic carbocycles. The van der Waals surface area contributed by atoms with Gasteiger partial charge in [0.1, 0.15) is 0 Å². The van der Waals surface area contributed by atoms with E-state index in [2.05, 4.69) is 5.43 Å². The van der Waals surface area contributed by atoms with Gasteiger partial charge in [0.15, 0.2) is 23.3 Å². The molecule has 2 nitrogen and oxygen atoms in total. The highest BCUT2D eigenvalue weighted by atomic mass is 19.2. The number of nitrogens with two attached hydrogens (primary N) is 1. The Bertz CT molecular complexity index is 419. The molecule has 1 unspecified atom stereocenters. The average molecular weight is 268 g/mol. The molecule has 0 spiro atoms. The van der Waals surface area contributed by atoms with Crippen molar-refractivity contribution in [2.45, 2.75) is 26.3 Å². The molecule has 0 aliphatic carbocycles. The van der Waals surface area contributed by atoms with Crippen LogP contribution in [0.15, 0.2) is 0 Å². The summed E-state index contributed by atoms with van der Waals surface area (Å²) in [5.74, 6) is -4.74. The first-order valence-corrected chi connectivity index (χ1v) is 5.28. The molecule has 0 saturated carbocycles. The number of halogens is 5. The van der Waals surface area contributed by atoms with Crippen LogP contribution < -0.4 is 11.3 Å². The molecule has 0 fully saturated rings. The maximum Gasteiger partial charge on any atom is 0.200 e. The van der Waals surface area contributed by atoms with Crippen molar-refractivity contribution in [3.63, 3.8) is 0 Å². The van der Waals surface area contributed by atoms with Gasteiger partial charge in [-0.15, -0.1) is 0 Å². The molecule has 0 bridgehead atoms. The summed E-state index contributed by atoms with van der Waals surface area (Å²) < 4.78 is 65.8. The van der Waals surface area contributed by atoms with Crippen molar-refractivity contribution in [3.05, 3.63) is 34.6 Å². The van der Waals surface area contributed by atoms with Crippen LogP contribution in [0.2, 0.25) is 0 Å². The van der Waals surface area contributed by atoms with Crippen LogP contribution in [0.1, 0.15) is 31.9 Å². The van der Waals surface area contributed by atoms with Crippen molar-refractivity contribution in [2.24, 2.45) is 11.8 Å². The minimum absolute atomic E-state index is 0.0407. The van der Waals surface area contributed by atoms with E-state index in [4.69, 9.17) is 5.84 Å². The number of hydrogen-bond acceptors (Lipinski definition) is 2. The molecule has 7 heteroatoms. The predicted octanol–water partition coefficient (Wildman–Crippen LogP) is 2.93. The summed E-state index contributed by atoms with van der Waals surface area (Å²) >= 11 is 0. The zero-order valence-corrected chi connectivity index (χ0v) is 9.83. The smallest absolute Gasteiger partial charge is 0.200 e. The van der Waals surface area contributed by atoms with Crippen LogP contribution in [-0.2, 0) is 0 Å². The maximum atomic E-state index is 13.5. The lowest BCUT2D eigenvalue weighted by molar-refractivity contribution is 0.343. The molecule has 0 aromatic heterocycles. The molecule has 0 aliphatic heterocycles. The molecule has 1 aromatic rings. The van der Waals surface area contributed by atoms with Crippen molar-refractivity contribution in [1.29, 1.82) is 0 Å². The number of hydrogen-bond donors (Lipinski definition) is 2. The Kier molecular flexibility index (Phi) is 4.64. The Morgan fingerprint density at radius 2 is 1.28 bits per heavy atom. The van der Waals surface area contributed by atoms with E-state index in [0.717, 1.165) is 0 Å². The summed E-state index contributed by atoms with van der Waals surface area (Å²) in [6, 6.07) is -1.14. The van der Waals surface area contributed by atoms with E-state index in [1.165, 1.54) is 0 Å². The highest BCUT2D eigenvalue weighted by Crippen LogP contribution is 2.30. The van der Waals surface area contributed by atoms with E-state index < -0.39 is 40.7 Å². The van der Waals surface area contributed by atoms with E-state index in [1.54, 1.807) is 13.8 Å². The molecular formula is C11H13F5N2. The summed E-state index contributed by atoms with van der Waals surface area (Å²) in [7, 11) is 0. The first-order chi connectivity index (χ1) is 8.31. The fourth-order valence-electron chi connectivity index (χ4n) is 1.67. The quantitative estimate of drug-likeness (QED) is 0.290. The van der Waals surface area contributed by atoms with Crippen LogP contribution in [0.5, 0.6) is 0 Å². The third-order valence-electron chi connectivity index (χ3n) is 2.50. The lowest BCUT2D eigenvalue weighted by atomic mass is 9.96. The zero-order chi connectivity index (χ0) is 14.0. The second kappa shape index (κ2) is 5.62. The van der Waals surface area contributed by atoms with Gasteiger partial charge >= 0.3 is 0 Å². The largest absolute Gasteiger partial charge is 0.271 e. The van der Waals surface area contributed by atoms with E-state index in [0.29, 0.717) is 0 Å². The van der Waals surface area contributed by atoms with Gasteiger partial charge in [0, 0.05) is 5.56 Å². The van der Waals surface area contributed by atoms with Crippen molar-refractivity contribution in [1.82, 2.24) is 5.43 Å². The monoisotopic (exact) mass is 268 g/mol. The van der Waals surface area contributed by atoms with Crippen LogP contribution in [0, 0.1) is 35.0 Å². The Labute approximate surface area is 101 Å². The lowest BCUT2D eigenvalue weighted by Gasteiger charge is -2.20. The summed E-state index contributed by atoms with van der Waals surface area (Å²) in [5, 5.41) is 0. The van der Waals surface area contributed by atoms with Gasteiger partial charge in [0.2, 0.25) is 5.82 Å². The Morgan fingerprint density at radius 3 is 1.61 bits per heavy atom. The van der Waals surface area contributed by atoms with E-state index >= 15 is 0 Å². The van der Waals surface area contributed by atoms with Crippen LogP contribution in [-0.4, -0.2) is 0 Å². The lowest BCUT2D eigenvalue weighted by Crippen LogP contribution is -2.31. The average Bonchev–Trinajstić information content (AvgIpc) is 2.32. The van der Waals surface area contributed by atoms with Gasteiger partial charge in [0.25, 0.3) is 0 Å². The number of nitrogens with one attached hydrogen (secondary N) is 1. The van der Waals surface area contributed by atoms with Crippen molar-refractivity contribution in [3.8, 4) is 0 Å². The normalized spacial score (nSPS) is 13.2. The highest BCUT2D eigenvalue weighted by molar-refractivity contribution is 5.27. The van der Waals surface area contributed by atoms with Gasteiger partial charge in [-0.05, 0) is 12.3 Å². The number of hydrazine groups is 1. The van der Waals surface area contributed by atoms with E-state index in [-0.39, 0.29) is 12.3 Å². The second-order valence-electron chi connectivity index (χ2n) is 4.33. The third-order valence-corrected chi connectivity index (χ3v) is 2.50. The first kappa shape index (κ1) is 14.8. The number of benzene rings is 1. The Hall–Kier alpha value is -1.21. The molecule has 1 atom stereocenters. The predicted molar refractivity (Wildman–Crippen MR) is 55.8 cm³/mol. The van der Waals surface area contributed by atoms with Crippen molar-refractivity contribution >= 4 is 0 Å². The highest BCUT2D eigenvalue weighted by Gasteiger charge is 2.30. The van der Waals surface area contributed by atoms with E-state index in [1.807, 2.05) is 0 Å². The van der Waals surface area contributed by atoms with Crippen molar-refractivity contribution < 1.29 is 22.0 Å². The summed E-state index contributed by atoms with van der Waals surface area (Å²) in [6.07, 6.45) is 0.134. The summed E-state index contributed by atoms with van der Waals surface area (Å²) in [4.78, 5) is 0. The molecule has 0 radical (unpaired) electrons. The van der Waals surface area contributed by atoms with Crippen LogP contribution in [0.25, 0.3) is 0 Å². The first-order valence-electron chi connectivity index (χ1n) is 5.28.